The number of carbonyl (C=O) groups is 2. The lowest BCUT2D eigenvalue weighted by atomic mass is 10.1. The number of nitrogens with one attached hydrogen (secondary N) is 1. The summed E-state index contributed by atoms with van der Waals surface area (Å²) >= 11 is 0. The Morgan fingerprint density at radius 1 is 1.37 bits per heavy atom. The number of likely N-dealkylation sites (tertiary alicyclic amines) is 1. The van der Waals surface area contributed by atoms with Crippen LogP contribution in [0.4, 0.5) is 4.79 Å². The molecule has 2 amide bonds. The molecule has 2 rings (SSSR count). The van der Waals surface area contributed by atoms with E-state index >= 15 is 0 Å². The number of hydrogen-bond acceptors (Lipinski definition) is 3. The Labute approximate surface area is 113 Å². The summed E-state index contributed by atoms with van der Waals surface area (Å²) < 4.78 is 5.35. The predicted octanol–water partition coefficient (Wildman–Crippen LogP) is 1.06. The van der Waals surface area contributed by atoms with E-state index in [2.05, 4.69) is 19.2 Å². The fourth-order valence-electron chi connectivity index (χ4n) is 2.92. The van der Waals surface area contributed by atoms with Crippen LogP contribution >= 0.6 is 0 Å². The number of nitrogens with zero attached hydrogens (tertiary/aromatic N) is 1. The van der Waals surface area contributed by atoms with Crippen LogP contribution < -0.4 is 5.32 Å². The van der Waals surface area contributed by atoms with Crippen molar-refractivity contribution in [2.75, 3.05) is 13.1 Å². The molecule has 0 bridgehead atoms. The SMILES string of the molecule is CC1CC(C)N(C(=O)NCC2CCC(C(=O)O)O2)C1. The second-order valence-electron chi connectivity index (χ2n) is 5.69. The maximum atomic E-state index is 12.0. The summed E-state index contributed by atoms with van der Waals surface area (Å²) in [5, 5.41) is 11.7. The molecule has 0 spiro atoms. The van der Waals surface area contributed by atoms with Crippen LogP contribution in [0.3, 0.4) is 0 Å². The molecular weight excluding hydrogens is 248 g/mol. The van der Waals surface area contributed by atoms with Crippen molar-refractivity contribution >= 4 is 12.0 Å². The zero-order valence-corrected chi connectivity index (χ0v) is 11.5. The highest BCUT2D eigenvalue weighted by atomic mass is 16.5. The summed E-state index contributed by atoms with van der Waals surface area (Å²) in [5.74, 6) is -0.379. The summed E-state index contributed by atoms with van der Waals surface area (Å²) in [6.07, 6.45) is 1.35. The van der Waals surface area contributed by atoms with Crippen molar-refractivity contribution in [1.29, 1.82) is 0 Å². The second kappa shape index (κ2) is 5.77. The van der Waals surface area contributed by atoms with E-state index in [1.165, 1.54) is 0 Å². The number of amides is 2. The van der Waals surface area contributed by atoms with Crippen molar-refractivity contribution in [1.82, 2.24) is 10.2 Å². The van der Waals surface area contributed by atoms with Crippen LogP contribution in [0, 0.1) is 5.92 Å². The van der Waals surface area contributed by atoms with Crippen molar-refractivity contribution in [2.45, 2.75) is 51.4 Å². The number of carbonyl (C=O) groups excluding carboxylic acids is 1. The zero-order chi connectivity index (χ0) is 14.0. The smallest absolute Gasteiger partial charge is 0.332 e. The van der Waals surface area contributed by atoms with Crippen molar-refractivity contribution < 1.29 is 19.4 Å². The van der Waals surface area contributed by atoms with Gasteiger partial charge in [-0.1, -0.05) is 6.92 Å². The van der Waals surface area contributed by atoms with Gasteiger partial charge >= 0.3 is 12.0 Å². The molecule has 2 saturated heterocycles. The Morgan fingerprint density at radius 3 is 2.63 bits per heavy atom. The summed E-state index contributed by atoms with van der Waals surface area (Å²) in [4.78, 5) is 24.6. The minimum absolute atomic E-state index is 0.0702. The van der Waals surface area contributed by atoms with Crippen LogP contribution in [0.1, 0.15) is 33.1 Å². The number of urea groups is 1. The van der Waals surface area contributed by atoms with Gasteiger partial charge in [-0.05, 0) is 32.1 Å². The average Bonchev–Trinajstić information content (AvgIpc) is 2.93. The quantitative estimate of drug-likeness (QED) is 0.803. The zero-order valence-electron chi connectivity index (χ0n) is 11.5. The topological polar surface area (TPSA) is 78.9 Å². The first-order chi connectivity index (χ1) is 8.97. The molecule has 2 heterocycles. The van der Waals surface area contributed by atoms with Gasteiger partial charge in [-0.15, -0.1) is 0 Å². The lowest BCUT2D eigenvalue weighted by molar-refractivity contribution is -0.149. The molecule has 0 aliphatic carbocycles. The van der Waals surface area contributed by atoms with Gasteiger partial charge in [0.05, 0.1) is 6.10 Å². The molecule has 19 heavy (non-hydrogen) atoms. The van der Waals surface area contributed by atoms with Crippen molar-refractivity contribution in [3.05, 3.63) is 0 Å². The molecule has 2 aliphatic rings. The van der Waals surface area contributed by atoms with Crippen molar-refractivity contribution in [3.8, 4) is 0 Å². The minimum atomic E-state index is -0.921. The van der Waals surface area contributed by atoms with Gasteiger partial charge in [0, 0.05) is 19.1 Å². The maximum Gasteiger partial charge on any atom is 0.332 e. The highest BCUT2D eigenvalue weighted by Crippen LogP contribution is 2.22. The molecule has 4 atom stereocenters. The van der Waals surface area contributed by atoms with Crippen LogP contribution in [-0.4, -0.2) is 53.3 Å². The first-order valence-corrected chi connectivity index (χ1v) is 6.90. The van der Waals surface area contributed by atoms with Gasteiger partial charge in [0.15, 0.2) is 6.10 Å². The molecule has 0 aromatic carbocycles. The predicted molar refractivity (Wildman–Crippen MR) is 68.9 cm³/mol. The average molecular weight is 270 g/mol. The highest BCUT2D eigenvalue weighted by Gasteiger charge is 2.33. The van der Waals surface area contributed by atoms with E-state index in [0.29, 0.717) is 25.3 Å². The van der Waals surface area contributed by atoms with E-state index in [9.17, 15) is 9.59 Å². The standard InChI is InChI=1S/C13H22N2O4/c1-8-5-9(2)15(7-8)13(18)14-6-10-3-4-11(19-10)12(16)17/h8-11H,3-7H2,1-2H3,(H,14,18)(H,16,17). The third kappa shape index (κ3) is 3.37. The van der Waals surface area contributed by atoms with Crippen LogP contribution in [0.2, 0.25) is 0 Å². The third-order valence-electron chi connectivity index (χ3n) is 3.91. The number of hydrogen-bond donors (Lipinski definition) is 2. The molecule has 6 nitrogen and oxygen atoms in total. The van der Waals surface area contributed by atoms with Gasteiger partial charge in [0.25, 0.3) is 0 Å². The highest BCUT2D eigenvalue weighted by molar-refractivity contribution is 5.75. The van der Waals surface area contributed by atoms with E-state index < -0.39 is 12.1 Å². The third-order valence-corrected chi connectivity index (χ3v) is 3.91. The molecule has 108 valence electrons. The van der Waals surface area contributed by atoms with E-state index in [-0.39, 0.29) is 18.2 Å². The van der Waals surface area contributed by atoms with Gasteiger partial charge < -0.3 is 20.1 Å². The molecule has 2 aliphatic heterocycles. The minimum Gasteiger partial charge on any atom is -0.479 e. The van der Waals surface area contributed by atoms with Crippen LogP contribution in [0.25, 0.3) is 0 Å². The Kier molecular flexibility index (Phi) is 4.29. The molecule has 4 unspecified atom stereocenters. The number of aliphatic carboxylic acids is 1. The van der Waals surface area contributed by atoms with E-state index in [0.717, 1.165) is 13.0 Å². The lowest BCUT2D eigenvalue weighted by Crippen LogP contribution is -2.44. The van der Waals surface area contributed by atoms with E-state index in [1.807, 2.05) is 4.90 Å². The van der Waals surface area contributed by atoms with Crippen LogP contribution in [-0.2, 0) is 9.53 Å². The van der Waals surface area contributed by atoms with Gasteiger partial charge in [-0.25, -0.2) is 9.59 Å². The summed E-state index contributed by atoms with van der Waals surface area (Å²) in [6, 6.07) is 0.200. The van der Waals surface area contributed by atoms with E-state index in [1.54, 1.807) is 0 Å². The summed E-state index contributed by atoms with van der Waals surface area (Å²) in [7, 11) is 0. The molecule has 2 N–H and O–H groups in total. The van der Waals surface area contributed by atoms with Crippen molar-refractivity contribution in [2.24, 2.45) is 5.92 Å². The Hall–Kier alpha value is -1.30. The first-order valence-electron chi connectivity index (χ1n) is 6.90. The van der Waals surface area contributed by atoms with E-state index in [4.69, 9.17) is 9.84 Å². The molecule has 0 aromatic rings. The maximum absolute atomic E-state index is 12.0. The molecule has 0 radical (unpaired) electrons. The molecule has 6 heteroatoms. The molecule has 0 aromatic heterocycles. The number of rotatable bonds is 3. The van der Waals surface area contributed by atoms with Gasteiger partial charge in [-0.3, -0.25) is 0 Å². The van der Waals surface area contributed by atoms with Crippen molar-refractivity contribution in [3.63, 3.8) is 0 Å². The first kappa shape index (κ1) is 14.1. The normalized spacial score (nSPS) is 34.5. The molecule has 2 fully saturated rings. The van der Waals surface area contributed by atoms with Gasteiger partial charge in [0.2, 0.25) is 0 Å². The van der Waals surface area contributed by atoms with Crippen LogP contribution in [0.5, 0.6) is 0 Å². The number of carboxylic acid groups (broad SMARTS) is 1. The van der Waals surface area contributed by atoms with Gasteiger partial charge in [0.1, 0.15) is 0 Å². The Bertz CT molecular complexity index is 361. The largest absolute Gasteiger partial charge is 0.479 e. The monoisotopic (exact) mass is 270 g/mol. The fraction of sp³-hybridized carbons (Fsp3) is 0.846. The number of carboxylic acids is 1. The summed E-state index contributed by atoms with van der Waals surface area (Å²) in [6.45, 7) is 5.37. The second-order valence-corrected chi connectivity index (χ2v) is 5.69. The Morgan fingerprint density at radius 2 is 2.11 bits per heavy atom. The Balaban J connectivity index is 1.74. The fourth-order valence-corrected chi connectivity index (χ4v) is 2.92. The van der Waals surface area contributed by atoms with Crippen LogP contribution in [0.15, 0.2) is 0 Å². The lowest BCUT2D eigenvalue weighted by Gasteiger charge is -2.23. The van der Waals surface area contributed by atoms with Gasteiger partial charge in [-0.2, -0.15) is 0 Å². The number of ether oxygens (including phenoxy) is 1. The summed E-state index contributed by atoms with van der Waals surface area (Å²) in [5.41, 5.74) is 0. The molecular formula is C13H22N2O4. The molecule has 0 saturated carbocycles.